The van der Waals surface area contributed by atoms with Crippen molar-refractivity contribution in [2.45, 2.75) is 70.0 Å². The summed E-state index contributed by atoms with van der Waals surface area (Å²) in [5, 5.41) is 0. The van der Waals surface area contributed by atoms with E-state index in [2.05, 4.69) is 4.74 Å². The molecular weight excluding hydrogens is 890 g/mol. The maximum Gasteiger partial charge on any atom is 0.573 e. The van der Waals surface area contributed by atoms with Gasteiger partial charge in [0.25, 0.3) is 0 Å². The van der Waals surface area contributed by atoms with E-state index in [0.29, 0.717) is 16.7 Å². The lowest BCUT2D eigenvalue weighted by Gasteiger charge is -2.45. The molecule has 350 valence electrons. The van der Waals surface area contributed by atoms with Crippen molar-refractivity contribution >= 4 is 29.8 Å². The molecule has 13 nitrogen and oxygen atoms in total. The average Bonchev–Trinajstić information content (AvgIpc) is 3.34. The number of halogens is 3. The predicted molar refractivity (Wildman–Crippen MR) is 235 cm³/mol. The Balaban J connectivity index is 1.35. The Morgan fingerprint density at radius 2 is 1.03 bits per heavy atom. The number of hydrogen-bond donors (Lipinski definition) is 0. The van der Waals surface area contributed by atoms with Gasteiger partial charge in [-0.3, -0.25) is 4.79 Å². The summed E-state index contributed by atoms with van der Waals surface area (Å²) in [6.07, 6.45) is -14.7. The molecule has 0 N–H and O–H groups in total. The highest BCUT2D eigenvalue weighted by atomic mass is 19.4. The Morgan fingerprint density at radius 1 is 0.574 bits per heavy atom. The zero-order chi connectivity index (χ0) is 48.2. The zero-order valence-electron chi connectivity index (χ0n) is 36.4. The largest absolute Gasteiger partial charge is 0.573 e. The van der Waals surface area contributed by atoms with Crippen molar-refractivity contribution in [3.8, 4) is 11.5 Å². The van der Waals surface area contributed by atoms with Crippen molar-refractivity contribution in [3.63, 3.8) is 0 Å². The highest BCUT2D eigenvalue weighted by Crippen LogP contribution is 2.36. The smallest absolute Gasteiger partial charge is 0.461 e. The van der Waals surface area contributed by atoms with Crippen molar-refractivity contribution in [1.82, 2.24) is 0 Å². The van der Waals surface area contributed by atoms with E-state index >= 15 is 0 Å². The van der Waals surface area contributed by atoms with Crippen molar-refractivity contribution in [3.05, 3.63) is 203 Å². The normalized spacial score (nSPS) is 18.2. The molecule has 0 aromatic heterocycles. The minimum absolute atomic E-state index is 0.0366. The third-order valence-electron chi connectivity index (χ3n) is 10.4. The first kappa shape index (κ1) is 48.0. The number of alkyl halides is 3. The van der Waals surface area contributed by atoms with Gasteiger partial charge in [0.15, 0.2) is 12.2 Å². The summed E-state index contributed by atoms with van der Waals surface area (Å²) in [4.78, 5) is 67.8. The summed E-state index contributed by atoms with van der Waals surface area (Å²) in [5.74, 6) is -4.51. The Bertz CT molecular complexity index is 2670. The van der Waals surface area contributed by atoms with Gasteiger partial charge in [0.2, 0.25) is 12.4 Å². The maximum atomic E-state index is 14.2. The summed E-state index contributed by atoms with van der Waals surface area (Å²) >= 11 is 0. The average molecular weight is 933 g/mol. The third kappa shape index (κ3) is 12.9. The molecule has 0 spiro atoms. The first-order valence-corrected chi connectivity index (χ1v) is 21.2. The molecule has 1 heterocycles. The second-order valence-corrected chi connectivity index (χ2v) is 15.4. The lowest BCUT2D eigenvalue weighted by atomic mass is 9.94. The van der Waals surface area contributed by atoms with Gasteiger partial charge in [-0.2, -0.15) is 0 Å². The molecular formula is C52H43F3O13. The van der Waals surface area contributed by atoms with Gasteiger partial charge in [-0.05, 0) is 90.3 Å². The van der Waals surface area contributed by atoms with Gasteiger partial charge in [0.1, 0.15) is 30.3 Å². The fourth-order valence-electron chi connectivity index (χ4n) is 7.16. The standard InChI is InChI=1S/C52H43F3O13/c1-32(62-47(57)36-15-7-3-8-16-36)43-44(64-48(58)37-17-9-4-10-18-37)45(65-49(59)38-19-11-5-12-20-38)46(66-50(60)39-21-13-6-14-22-39)51(67-43)63-42-30-35(31-61-33(2)56)23-26-40(42)29-34-24-27-41(28-25-34)68-52(53,54)55/h3-28,30,32,43-46,51H,29,31H2,1-2H3/t32-,43-,44-,45+,46-,51-/m1/s1. The molecule has 1 saturated heterocycles. The summed E-state index contributed by atoms with van der Waals surface area (Å²) in [6.45, 7) is 2.48. The van der Waals surface area contributed by atoms with Gasteiger partial charge >= 0.3 is 36.2 Å². The molecule has 0 bridgehead atoms. The zero-order valence-corrected chi connectivity index (χ0v) is 36.4. The van der Waals surface area contributed by atoms with Crippen molar-refractivity contribution in [1.29, 1.82) is 0 Å². The number of carbonyl (C=O) groups excluding carboxylic acids is 5. The Labute approximate surface area is 388 Å². The first-order chi connectivity index (χ1) is 32.7. The van der Waals surface area contributed by atoms with Gasteiger partial charge in [0.05, 0.1) is 22.3 Å². The number of rotatable bonds is 16. The number of carbonyl (C=O) groups is 5. The van der Waals surface area contributed by atoms with Gasteiger partial charge in [0, 0.05) is 13.3 Å². The molecule has 16 heteroatoms. The highest BCUT2D eigenvalue weighted by molar-refractivity contribution is 5.91. The van der Waals surface area contributed by atoms with Crippen LogP contribution in [-0.4, -0.2) is 73.0 Å². The quantitative estimate of drug-likeness (QED) is 0.0668. The first-order valence-electron chi connectivity index (χ1n) is 21.2. The lowest BCUT2D eigenvalue weighted by Crippen LogP contribution is -2.65. The minimum Gasteiger partial charge on any atom is -0.461 e. The molecule has 0 saturated carbocycles. The molecule has 0 amide bonds. The summed E-state index contributed by atoms with van der Waals surface area (Å²) in [7, 11) is 0. The highest BCUT2D eigenvalue weighted by Gasteiger charge is 2.56. The molecule has 0 aliphatic carbocycles. The molecule has 1 aliphatic rings. The van der Waals surface area contributed by atoms with E-state index in [-0.39, 0.29) is 41.0 Å². The Kier molecular flexibility index (Phi) is 15.5. The number of hydrogen-bond acceptors (Lipinski definition) is 13. The van der Waals surface area contributed by atoms with Crippen LogP contribution < -0.4 is 9.47 Å². The second kappa shape index (κ2) is 22.0. The molecule has 1 aliphatic heterocycles. The lowest BCUT2D eigenvalue weighted by molar-refractivity contribution is -0.284. The third-order valence-corrected chi connectivity index (χ3v) is 10.4. The SMILES string of the molecule is CC(=O)OCc1ccc(Cc2ccc(OC(F)(F)F)cc2)c(O[C@@H]2O[C@H]([C@@H](C)OC(=O)c3ccccc3)[C@@H](OC(=O)c3ccccc3)[C@H](OC(=O)c3ccccc3)[C@H]2OC(=O)c2ccccc2)c1. The van der Waals surface area contributed by atoms with Crippen LogP contribution >= 0.6 is 0 Å². The number of ether oxygens (including phenoxy) is 8. The van der Waals surface area contributed by atoms with E-state index in [1.54, 1.807) is 84.9 Å². The fraction of sp³-hybridized carbons (Fsp3) is 0.212. The maximum absolute atomic E-state index is 14.2. The molecule has 6 atom stereocenters. The summed E-state index contributed by atoms with van der Waals surface area (Å²) < 4.78 is 86.2. The second-order valence-electron chi connectivity index (χ2n) is 15.4. The van der Waals surface area contributed by atoms with Crippen molar-refractivity contribution in [2.75, 3.05) is 0 Å². The van der Waals surface area contributed by atoms with Crippen LogP contribution in [0.3, 0.4) is 0 Å². The van der Waals surface area contributed by atoms with Crippen LogP contribution in [0.1, 0.15) is 72.0 Å². The van der Waals surface area contributed by atoms with E-state index in [9.17, 15) is 37.1 Å². The summed E-state index contributed by atoms with van der Waals surface area (Å²) in [5.41, 5.74) is 1.76. The minimum atomic E-state index is -4.91. The topological polar surface area (TPSA) is 159 Å². The van der Waals surface area contributed by atoms with Crippen LogP contribution in [0.5, 0.6) is 11.5 Å². The van der Waals surface area contributed by atoms with Crippen LogP contribution in [0.25, 0.3) is 0 Å². The Hall–Kier alpha value is -7.98. The molecule has 68 heavy (non-hydrogen) atoms. The van der Waals surface area contributed by atoms with E-state index in [1.807, 2.05) is 0 Å². The van der Waals surface area contributed by atoms with Crippen LogP contribution in [0.15, 0.2) is 164 Å². The number of esters is 5. The Morgan fingerprint density at radius 3 is 1.51 bits per heavy atom. The molecule has 0 radical (unpaired) electrons. The van der Waals surface area contributed by atoms with Gasteiger partial charge in [-0.25, -0.2) is 19.2 Å². The van der Waals surface area contributed by atoms with Gasteiger partial charge < -0.3 is 37.9 Å². The van der Waals surface area contributed by atoms with E-state index < -0.39 is 78.8 Å². The van der Waals surface area contributed by atoms with Gasteiger partial charge in [-0.15, -0.1) is 13.2 Å². The van der Waals surface area contributed by atoms with E-state index in [0.717, 1.165) is 12.1 Å². The van der Waals surface area contributed by atoms with Crippen LogP contribution in [-0.2, 0) is 46.2 Å². The molecule has 7 rings (SSSR count). The number of benzene rings is 6. The fourth-order valence-corrected chi connectivity index (χ4v) is 7.16. The molecule has 6 aromatic carbocycles. The summed E-state index contributed by atoms with van der Waals surface area (Å²) in [6, 6.07) is 41.5. The van der Waals surface area contributed by atoms with Crippen LogP contribution in [0, 0.1) is 0 Å². The molecule has 0 unspecified atom stereocenters. The van der Waals surface area contributed by atoms with E-state index in [1.165, 1.54) is 80.6 Å². The van der Waals surface area contributed by atoms with Crippen molar-refractivity contribution < 1.29 is 75.0 Å². The monoisotopic (exact) mass is 932 g/mol. The van der Waals surface area contributed by atoms with Gasteiger partial charge in [-0.1, -0.05) is 97.1 Å². The van der Waals surface area contributed by atoms with Crippen LogP contribution in [0.4, 0.5) is 13.2 Å². The van der Waals surface area contributed by atoms with Crippen LogP contribution in [0.2, 0.25) is 0 Å². The molecule has 6 aromatic rings. The van der Waals surface area contributed by atoms with Crippen molar-refractivity contribution in [2.24, 2.45) is 0 Å². The van der Waals surface area contributed by atoms with E-state index in [4.69, 9.17) is 33.2 Å². The predicted octanol–water partition coefficient (Wildman–Crippen LogP) is 9.27. The molecule has 1 fully saturated rings.